The van der Waals surface area contributed by atoms with Crippen LogP contribution in [-0.2, 0) is 14.6 Å². The van der Waals surface area contributed by atoms with Gasteiger partial charge in [0.05, 0.1) is 17.5 Å². The largest absolute Gasteiger partial charge is 0.502 e. The number of hydrogen-bond donors (Lipinski definition) is 1. The molecule has 10 heteroatoms. The highest BCUT2D eigenvalue weighted by molar-refractivity contribution is 7.95. The van der Waals surface area contributed by atoms with Gasteiger partial charge in [-0.3, -0.25) is 4.79 Å². The van der Waals surface area contributed by atoms with Crippen molar-refractivity contribution in [3.63, 3.8) is 0 Å². The fourth-order valence-electron chi connectivity index (χ4n) is 3.51. The summed E-state index contributed by atoms with van der Waals surface area (Å²) in [6, 6.07) is 11.6. The van der Waals surface area contributed by atoms with E-state index in [1.807, 2.05) is 25.9 Å². The molecule has 0 radical (unpaired) electrons. The molecule has 180 valence electrons. The van der Waals surface area contributed by atoms with Gasteiger partial charge in [0.2, 0.25) is 9.84 Å². The third kappa shape index (κ3) is 5.81. The van der Waals surface area contributed by atoms with Gasteiger partial charge >= 0.3 is 0 Å². The number of sulfone groups is 1. The Hall–Kier alpha value is -2.26. The number of nitrogens with zero attached hydrogens (tertiary/aromatic N) is 2. The smallest absolute Gasteiger partial charge is 0.290 e. The number of rotatable bonds is 9. The Balaban J connectivity index is 0.00000385. The summed E-state index contributed by atoms with van der Waals surface area (Å²) in [6.45, 7) is 3.23. The lowest BCUT2D eigenvalue weighted by Crippen LogP contribution is -2.36. The van der Waals surface area contributed by atoms with Crippen LogP contribution in [0.3, 0.4) is 0 Å². The molecule has 0 bridgehead atoms. The molecule has 0 spiro atoms. The molecule has 0 saturated carbocycles. The monoisotopic (exact) mass is 514 g/mol. The summed E-state index contributed by atoms with van der Waals surface area (Å²) in [5.41, 5.74) is 0.544. The second kappa shape index (κ2) is 11.2. The summed E-state index contributed by atoms with van der Waals surface area (Å²) in [4.78, 5) is 15.9. The predicted molar refractivity (Wildman–Crippen MR) is 131 cm³/mol. The average Bonchev–Trinajstić information content (AvgIpc) is 3.02. The summed E-state index contributed by atoms with van der Waals surface area (Å²) < 4.78 is 32.8. The lowest BCUT2D eigenvalue weighted by Gasteiger charge is -2.28. The van der Waals surface area contributed by atoms with Crippen molar-refractivity contribution >= 4 is 39.8 Å². The normalized spacial score (nSPS) is 16.3. The molecule has 1 aliphatic rings. The Morgan fingerprint density at radius 3 is 2.42 bits per heavy atom. The number of ether oxygens (including phenoxy) is 1. The molecule has 7 nitrogen and oxygen atoms in total. The van der Waals surface area contributed by atoms with Crippen molar-refractivity contribution in [1.82, 2.24) is 9.80 Å². The lowest BCUT2D eigenvalue weighted by atomic mass is 10.1. The van der Waals surface area contributed by atoms with E-state index >= 15 is 0 Å². The Morgan fingerprint density at radius 2 is 1.82 bits per heavy atom. The van der Waals surface area contributed by atoms with Crippen LogP contribution in [-0.4, -0.2) is 63.0 Å². The van der Waals surface area contributed by atoms with Crippen LogP contribution < -0.4 is 4.74 Å². The van der Waals surface area contributed by atoms with E-state index in [-0.39, 0.29) is 28.8 Å². The first-order chi connectivity index (χ1) is 15.2. The molecule has 0 saturated heterocycles. The van der Waals surface area contributed by atoms with Crippen LogP contribution in [0.1, 0.15) is 24.9 Å². The van der Waals surface area contributed by atoms with E-state index in [9.17, 15) is 18.3 Å². The first-order valence-corrected chi connectivity index (χ1v) is 12.1. The maximum atomic E-state index is 13.5. The lowest BCUT2D eigenvalue weighted by molar-refractivity contribution is -0.129. The molecule has 3 rings (SSSR count). The quantitative estimate of drug-likeness (QED) is 0.538. The Morgan fingerprint density at radius 1 is 1.15 bits per heavy atom. The van der Waals surface area contributed by atoms with Crippen molar-refractivity contribution in [2.45, 2.75) is 24.3 Å². The maximum absolute atomic E-state index is 13.5. The van der Waals surface area contributed by atoms with Crippen molar-refractivity contribution < 1.29 is 23.1 Å². The highest BCUT2D eigenvalue weighted by Gasteiger charge is 2.46. The molecular formula is C23H28Cl2N2O5S. The molecular weight excluding hydrogens is 487 g/mol. The second-order valence-electron chi connectivity index (χ2n) is 7.80. The fourth-order valence-corrected chi connectivity index (χ4v) is 5.28. The minimum absolute atomic E-state index is 0. The Kier molecular flexibility index (Phi) is 9.20. The zero-order valence-corrected chi connectivity index (χ0v) is 21.1. The van der Waals surface area contributed by atoms with E-state index in [1.54, 1.807) is 24.3 Å². The van der Waals surface area contributed by atoms with E-state index in [4.69, 9.17) is 16.3 Å². The molecule has 0 fully saturated rings. The summed E-state index contributed by atoms with van der Waals surface area (Å²) in [5, 5.41) is 11.1. The number of aliphatic hydroxyl groups is 1. The van der Waals surface area contributed by atoms with Crippen LogP contribution in [0.25, 0.3) is 0 Å². The summed E-state index contributed by atoms with van der Waals surface area (Å²) in [6.07, 6.45) is 0.817. The minimum atomic E-state index is -4.18. The topological polar surface area (TPSA) is 87.2 Å². The Labute approximate surface area is 205 Å². The van der Waals surface area contributed by atoms with E-state index in [2.05, 4.69) is 0 Å². The minimum Gasteiger partial charge on any atom is -0.502 e. The van der Waals surface area contributed by atoms with Crippen molar-refractivity contribution in [1.29, 1.82) is 0 Å². The number of halogens is 2. The van der Waals surface area contributed by atoms with E-state index in [0.29, 0.717) is 29.5 Å². The molecule has 2 aromatic rings. The molecule has 1 N–H and O–H groups in total. The van der Waals surface area contributed by atoms with Crippen LogP contribution in [0.15, 0.2) is 64.1 Å². The van der Waals surface area contributed by atoms with Gasteiger partial charge in [0.15, 0.2) is 5.76 Å². The molecule has 0 aromatic heterocycles. The van der Waals surface area contributed by atoms with Crippen LogP contribution in [0.5, 0.6) is 5.75 Å². The highest BCUT2D eigenvalue weighted by Crippen LogP contribution is 2.43. The van der Waals surface area contributed by atoms with Crippen molar-refractivity contribution in [3.05, 3.63) is 69.8 Å². The van der Waals surface area contributed by atoms with Crippen molar-refractivity contribution in [3.8, 4) is 5.75 Å². The van der Waals surface area contributed by atoms with Gasteiger partial charge in [0.25, 0.3) is 5.91 Å². The SMILES string of the molecule is CCCOc1cccc(C2C(S(=O)(=O)c3ccc(Cl)cc3)=C(O)C(=O)N2CCN(C)C)c1.Cl. The summed E-state index contributed by atoms with van der Waals surface area (Å²) in [5.74, 6) is -0.910. The van der Waals surface area contributed by atoms with Gasteiger partial charge in [-0.05, 0) is 62.5 Å². The van der Waals surface area contributed by atoms with E-state index < -0.39 is 27.5 Å². The maximum Gasteiger partial charge on any atom is 0.290 e. The van der Waals surface area contributed by atoms with Gasteiger partial charge < -0.3 is 19.6 Å². The standard InChI is InChI=1S/C23H27ClN2O5S.ClH/c1-4-14-31-18-7-5-6-16(15-18)20-22(21(27)23(28)26(20)13-12-25(2)3)32(29,30)19-10-8-17(24)9-11-19;/h5-11,15,20,27H,4,12-14H2,1-3H3;1H. The number of aliphatic hydroxyl groups excluding tert-OH is 1. The predicted octanol–water partition coefficient (Wildman–Crippen LogP) is 4.24. The third-order valence-electron chi connectivity index (χ3n) is 5.11. The number of amides is 1. The number of benzene rings is 2. The average molecular weight is 515 g/mol. The first kappa shape index (κ1) is 27.0. The molecule has 1 aliphatic heterocycles. The summed E-state index contributed by atoms with van der Waals surface area (Å²) >= 11 is 5.91. The molecule has 33 heavy (non-hydrogen) atoms. The van der Waals surface area contributed by atoms with Crippen LogP contribution in [0, 0.1) is 0 Å². The van der Waals surface area contributed by atoms with Crippen LogP contribution in [0.4, 0.5) is 0 Å². The molecule has 1 atom stereocenters. The zero-order chi connectivity index (χ0) is 23.5. The van der Waals surface area contributed by atoms with Gasteiger partial charge in [0.1, 0.15) is 10.7 Å². The van der Waals surface area contributed by atoms with E-state index in [1.165, 1.54) is 29.2 Å². The van der Waals surface area contributed by atoms with Gasteiger partial charge in [-0.1, -0.05) is 30.7 Å². The number of carbonyl (C=O) groups excluding carboxylic acids is 1. The van der Waals surface area contributed by atoms with Gasteiger partial charge in [-0.25, -0.2) is 8.42 Å². The number of carbonyl (C=O) groups is 1. The van der Waals surface area contributed by atoms with Crippen molar-refractivity contribution in [2.24, 2.45) is 0 Å². The molecule has 2 aromatic carbocycles. The highest BCUT2D eigenvalue weighted by atomic mass is 35.5. The second-order valence-corrected chi connectivity index (χ2v) is 10.2. The number of likely N-dealkylation sites (N-methyl/N-ethyl adjacent to an activating group) is 1. The zero-order valence-electron chi connectivity index (χ0n) is 18.7. The molecule has 0 aliphatic carbocycles. The molecule has 1 heterocycles. The van der Waals surface area contributed by atoms with Gasteiger partial charge in [-0.2, -0.15) is 0 Å². The van der Waals surface area contributed by atoms with Crippen LogP contribution >= 0.6 is 24.0 Å². The third-order valence-corrected chi connectivity index (χ3v) is 7.25. The van der Waals surface area contributed by atoms with Gasteiger partial charge in [-0.15, -0.1) is 12.4 Å². The Bertz CT molecular complexity index is 1120. The van der Waals surface area contributed by atoms with Gasteiger partial charge in [0, 0.05) is 18.1 Å². The van der Waals surface area contributed by atoms with Crippen molar-refractivity contribution in [2.75, 3.05) is 33.8 Å². The van der Waals surface area contributed by atoms with E-state index in [0.717, 1.165) is 6.42 Å². The number of hydrogen-bond acceptors (Lipinski definition) is 6. The first-order valence-electron chi connectivity index (χ1n) is 10.3. The fraction of sp³-hybridized carbons (Fsp3) is 0.348. The molecule has 1 unspecified atom stereocenters. The summed E-state index contributed by atoms with van der Waals surface area (Å²) in [7, 11) is -0.473. The van der Waals surface area contributed by atoms with Crippen LogP contribution in [0.2, 0.25) is 5.02 Å². The molecule has 1 amide bonds.